The number of benzene rings is 1. The van der Waals surface area contributed by atoms with Gasteiger partial charge in [0, 0.05) is 6.04 Å². The van der Waals surface area contributed by atoms with Crippen LogP contribution < -0.4 is 0 Å². The predicted molar refractivity (Wildman–Crippen MR) is 78.5 cm³/mol. The van der Waals surface area contributed by atoms with Crippen LogP contribution in [-0.2, 0) is 0 Å². The highest BCUT2D eigenvalue weighted by Crippen LogP contribution is 2.35. The van der Waals surface area contributed by atoms with E-state index in [0.717, 1.165) is 16.2 Å². The summed E-state index contributed by atoms with van der Waals surface area (Å²) in [5.74, 6) is 0.788. The maximum absolute atomic E-state index is 5.52. The van der Waals surface area contributed by atoms with E-state index in [-0.39, 0.29) is 0 Å². The molecule has 1 heterocycles. The second-order valence-corrected chi connectivity index (χ2v) is 5.99. The number of imidazole rings is 1. The lowest BCUT2D eigenvalue weighted by Gasteiger charge is -2.21. The Hall–Kier alpha value is -1.09. The van der Waals surface area contributed by atoms with E-state index in [1.54, 1.807) is 0 Å². The first kappa shape index (κ1) is 12.0. The fraction of sp³-hybridized carbons (Fsp3) is 0.533. The zero-order chi connectivity index (χ0) is 12.7. The predicted octanol–water partition coefficient (Wildman–Crippen LogP) is 4.76. The van der Waals surface area contributed by atoms with Gasteiger partial charge in [-0.3, -0.25) is 0 Å². The van der Waals surface area contributed by atoms with Gasteiger partial charge in [-0.05, 0) is 62.5 Å². The van der Waals surface area contributed by atoms with Crippen molar-refractivity contribution >= 4 is 23.3 Å². The third-order valence-electron chi connectivity index (χ3n) is 4.36. The molecule has 0 saturated heterocycles. The van der Waals surface area contributed by atoms with Gasteiger partial charge in [0.05, 0.1) is 11.0 Å². The van der Waals surface area contributed by atoms with Crippen molar-refractivity contribution in [2.45, 2.75) is 45.6 Å². The van der Waals surface area contributed by atoms with Crippen LogP contribution in [-0.4, -0.2) is 9.55 Å². The van der Waals surface area contributed by atoms with E-state index in [0.29, 0.717) is 6.04 Å². The average Bonchev–Trinajstić information content (AvgIpc) is 2.94. The highest BCUT2D eigenvalue weighted by atomic mass is 32.1. The molecule has 0 spiro atoms. The van der Waals surface area contributed by atoms with Crippen LogP contribution in [0.2, 0.25) is 0 Å². The largest absolute Gasteiger partial charge is 0.331 e. The van der Waals surface area contributed by atoms with Gasteiger partial charge in [0.25, 0.3) is 0 Å². The fourth-order valence-electron chi connectivity index (χ4n) is 3.29. The second kappa shape index (κ2) is 4.54. The Morgan fingerprint density at radius 1 is 1.33 bits per heavy atom. The number of nitrogens with zero attached hydrogens (tertiary/aromatic N) is 1. The van der Waals surface area contributed by atoms with Gasteiger partial charge in [-0.1, -0.05) is 18.9 Å². The van der Waals surface area contributed by atoms with Gasteiger partial charge in [-0.15, -0.1) is 0 Å². The Morgan fingerprint density at radius 2 is 2.06 bits per heavy atom. The van der Waals surface area contributed by atoms with Gasteiger partial charge in [0.1, 0.15) is 0 Å². The minimum Gasteiger partial charge on any atom is -0.331 e. The van der Waals surface area contributed by atoms with Crippen LogP contribution in [0.3, 0.4) is 0 Å². The van der Waals surface area contributed by atoms with Crippen molar-refractivity contribution in [2.75, 3.05) is 0 Å². The van der Waals surface area contributed by atoms with E-state index in [4.69, 9.17) is 12.2 Å². The summed E-state index contributed by atoms with van der Waals surface area (Å²) < 4.78 is 3.20. The lowest BCUT2D eigenvalue weighted by molar-refractivity contribution is 0.365. The number of nitrogens with one attached hydrogen (secondary N) is 1. The van der Waals surface area contributed by atoms with E-state index in [9.17, 15) is 0 Å². The normalized spacial score (nSPS) is 18.6. The summed E-state index contributed by atoms with van der Waals surface area (Å²) in [5, 5.41) is 0. The highest BCUT2D eigenvalue weighted by Gasteiger charge is 2.24. The van der Waals surface area contributed by atoms with Crippen LogP contribution in [0.4, 0.5) is 0 Å². The molecule has 2 nitrogen and oxygen atoms in total. The molecule has 3 heteroatoms. The van der Waals surface area contributed by atoms with E-state index < -0.39 is 0 Å². The van der Waals surface area contributed by atoms with Crippen molar-refractivity contribution in [1.29, 1.82) is 0 Å². The first-order valence-electron chi connectivity index (χ1n) is 6.87. The van der Waals surface area contributed by atoms with Crippen molar-refractivity contribution in [3.8, 4) is 0 Å². The first-order valence-corrected chi connectivity index (χ1v) is 7.28. The number of hydrogen-bond donors (Lipinski definition) is 1. The molecule has 0 bridgehead atoms. The standard InChI is InChI=1S/C15H20N2S/c1-10-7-8-13-14(9-10)17(15(18)16-13)11(2)12-5-3-4-6-12/h7-9,11-12H,3-6H2,1-2H3,(H,16,18). The molecule has 1 N–H and O–H groups in total. The molecule has 1 aromatic heterocycles. The minimum atomic E-state index is 0.510. The molecule has 1 atom stereocenters. The summed E-state index contributed by atoms with van der Waals surface area (Å²) in [4.78, 5) is 3.34. The summed E-state index contributed by atoms with van der Waals surface area (Å²) in [6.45, 7) is 4.46. The van der Waals surface area contributed by atoms with Crippen molar-refractivity contribution in [3.63, 3.8) is 0 Å². The monoisotopic (exact) mass is 260 g/mol. The van der Waals surface area contributed by atoms with Crippen LogP contribution in [0.5, 0.6) is 0 Å². The Balaban J connectivity index is 2.12. The number of aromatic nitrogens is 2. The number of aromatic amines is 1. The van der Waals surface area contributed by atoms with Crippen molar-refractivity contribution in [2.24, 2.45) is 5.92 Å². The van der Waals surface area contributed by atoms with Crippen molar-refractivity contribution < 1.29 is 0 Å². The number of aryl methyl sites for hydroxylation is 1. The number of hydrogen-bond acceptors (Lipinski definition) is 1. The molecule has 2 aromatic rings. The zero-order valence-corrected chi connectivity index (χ0v) is 11.9. The molecule has 1 aliphatic rings. The van der Waals surface area contributed by atoms with Gasteiger partial charge in [-0.2, -0.15) is 0 Å². The molecule has 0 radical (unpaired) electrons. The van der Waals surface area contributed by atoms with Gasteiger partial charge in [-0.25, -0.2) is 0 Å². The molecule has 96 valence electrons. The van der Waals surface area contributed by atoms with Gasteiger partial charge >= 0.3 is 0 Å². The SMILES string of the molecule is Cc1ccc2[nH]c(=S)n(C(C)C3CCCC3)c2c1. The maximum atomic E-state index is 5.52. The molecule has 1 fully saturated rings. The molecule has 1 aliphatic carbocycles. The Morgan fingerprint density at radius 3 is 2.78 bits per heavy atom. The third-order valence-corrected chi connectivity index (χ3v) is 4.66. The molecule has 0 amide bonds. The van der Waals surface area contributed by atoms with E-state index in [2.05, 4.69) is 41.6 Å². The van der Waals surface area contributed by atoms with Gasteiger partial charge in [0.2, 0.25) is 0 Å². The molecule has 3 rings (SSSR count). The van der Waals surface area contributed by atoms with Crippen LogP contribution in [0.1, 0.15) is 44.2 Å². The lowest BCUT2D eigenvalue weighted by atomic mass is 9.99. The molecular formula is C15H20N2S. The quantitative estimate of drug-likeness (QED) is 0.772. The minimum absolute atomic E-state index is 0.510. The smallest absolute Gasteiger partial charge is 0.178 e. The van der Waals surface area contributed by atoms with Crippen LogP contribution in [0.25, 0.3) is 11.0 Å². The molecule has 1 aromatic carbocycles. The van der Waals surface area contributed by atoms with E-state index >= 15 is 0 Å². The van der Waals surface area contributed by atoms with Crippen LogP contribution in [0, 0.1) is 17.6 Å². The Bertz CT molecular complexity index is 617. The molecule has 1 unspecified atom stereocenters. The Kier molecular flexibility index (Phi) is 3.02. The summed E-state index contributed by atoms with van der Waals surface area (Å²) in [7, 11) is 0. The third kappa shape index (κ3) is 1.91. The maximum Gasteiger partial charge on any atom is 0.178 e. The summed E-state index contributed by atoms with van der Waals surface area (Å²) >= 11 is 5.52. The topological polar surface area (TPSA) is 20.7 Å². The number of rotatable bonds is 2. The van der Waals surface area contributed by atoms with Gasteiger partial charge < -0.3 is 9.55 Å². The van der Waals surface area contributed by atoms with Crippen LogP contribution in [0.15, 0.2) is 18.2 Å². The zero-order valence-electron chi connectivity index (χ0n) is 11.1. The fourth-order valence-corrected chi connectivity index (χ4v) is 3.66. The van der Waals surface area contributed by atoms with Crippen molar-refractivity contribution in [1.82, 2.24) is 9.55 Å². The average molecular weight is 260 g/mol. The second-order valence-electron chi connectivity index (χ2n) is 5.61. The van der Waals surface area contributed by atoms with Gasteiger partial charge in [0.15, 0.2) is 4.77 Å². The molecule has 0 aliphatic heterocycles. The number of H-pyrrole nitrogens is 1. The summed E-state index contributed by atoms with van der Waals surface area (Å²) in [5.41, 5.74) is 3.72. The van der Waals surface area contributed by atoms with Crippen molar-refractivity contribution in [3.05, 3.63) is 28.5 Å². The molecular weight excluding hydrogens is 240 g/mol. The Labute approximate surface area is 113 Å². The summed E-state index contributed by atoms with van der Waals surface area (Å²) in [6, 6.07) is 7.03. The van der Waals surface area contributed by atoms with E-state index in [1.165, 1.54) is 36.8 Å². The summed E-state index contributed by atoms with van der Waals surface area (Å²) in [6.07, 6.45) is 5.45. The highest BCUT2D eigenvalue weighted by molar-refractivity contribution is 7.71. The van der Waals surface area contributed by atoms with Crippen LogP contribution >= 0.6 is 12.2 Å². The lowest BCUT2D eigenvalue weighted by Crippen LogP contribution is -2.14. The molecule has 18 heavy (non-hydrogen) atoms. The molecule has 1 saturated carbocycles. The first-order chi connectivity index (χ1) is 8.66. The number of fused-ring (bicyclic) bond motifs is 1. The van der Waals surface area contributed by atoms with E-state index in [1.807, 2.05) is 0 Å².